The van der Waals surface area contributed by atoms with Gasteiger partial charge >= 0.3 is 5.97 Å². The van der Waals surface area contributed by atoms with Gasteiger partial charge in [0, 0.05) is 19.0 Å². The molecule has 0 amide bonds. The number of hydrogen-bond acceptors (Lipinski definition) is 5. The number of carboxylic acid groups (broad SMARTS) is 1. The van der Waals surface area contributed by atoms with Crippen LogP contribution in [0.1, 0.15) is 11.3 Å². The molecule has 0 aliphatic heterocycles. The third-order valence-corrected chi connectivity index (χ3v) is 4.80. The van der Waals surface area contributed by atoms with Crippen molar-refractivity contribution in [2.24, 2.45) is 0 Å². The minimum absolute atomic E-state index is 0.0195. The zero-order chi connectivity index (χ0) is 13.1. The Morgan fingerprint density at radius 1 is 1.50 bits per heavy atom. The zero-order valence-electron chi connectivity index (χ0n) is 9.59. The van der Waals surface area contributed by atoms with Crippen LogP contribution in [-0.4, -0.2) is 23.1 Å². The summed E-state index contributed by atoms with van der Waals surface area (Å²) in [5, 5.41) is 13.4. The van der Waals surface area contributed by atoms with Crippen molar-refractivity contribution in [3.05, 3.63) is 31.9 Å². The fourth-order valence-electron chi connectivity index (χ4n) is 1.48. The summed E-state index contributed by atoms with van der Waals surface area (Å²) < 4.78 is 1.11. The second kappa shape index (κ2) is 5.81. The topological polar surface area (TPSA) is 53.4 Å². The highest BCUT2D eigenvalue weighted by atomic mass is 79.9. The summed E-state index contributed by atoms with van der Waals surface area (Å²) >= 11 is 6.55. The van der Waals surface area contributed by atoms with Crippen LogP contribution in [0.15, 0.2) is 20.6 Å². The molecule has 0 atom stereocenters. The maximum atomic E-state index is 10.6. The predicted octanol–water partition coefficient (Wildman–Crippen LogP) is 3.23. The van der Waals surface area contributed by atoms with Gasteiger partial charge in [-0.25, -0.2) is 4.98 Å². The number of thiazole rings is 1. The summed E-state index contributed by atoms with van der Waals surface area (Å²) in [6, 6.07) is 2.08. The monoisotopic (exact) mass is 346 g/mol. The summed E-state index contributed by atoms with van der Waals surface area (Å²) in [5.74, 6) is -0.851. The van der Waals surface area contributed by atoms with Gasteiger partial charge in [-0.15, -0.1) is 22.7 Å². The molecule has 0 radical (unpaired) electrons. The Labute approximate surface area is 121 Å². The Bertz CT molecular complexity index is 553. The Balaban J connectivity index is 2.02. The Morgan fingerprint density at radius 3 is 2.89 bits per heavy atom. The molecule has 0 unspecified atom stereocenters. The smallest absolute Gasteiger partial charge is 0.309 e. The van der Waals surface area contributed by atoms with E-state index in [1.165, 1.54) is 16.9 Å². The number of carbonyl (C=O) groups is 1. The minimum atomic E-state index is -0.851. The molecule has 0 saturated heterocycles. The summed E-state index contributed by atoms with van der Waals surface area (Å²) in [7, 11) is 1.95. The standard InChI is InChI=1S/C11H11BrN2O2S2/c1-14(4-7-2-9(12)17-5-7)11-13-8(6-18-11)3-10(15)16/h2,5-6H,3-4H2,1H3,(H,15,16). The van der Waals surface area contributed by atoms with E-state index >= 15 is 0 Å². The van der Waals surface area contributed by atoms with Gasteiger partial charge < -0.3 is 10.0 Å². The van der Waals surface area contributed by atoms with Crippen LogP contribution in [0.25, 0.3) is 0 Å². The third-order valence-electron chi connectivity index (χ3n) is 2.24. The van der Waals surface area contributed by atoms with Crippen molar-refractivity contribution in [3.8, 4) is 0 Å². The van der Waals surface area contributed by atoms with Crippen LogP contribution in [0, 0.1) is 0 Å². The predicted molar refractivity (Wildman–Crippen MR) is 77.6 cm³/mol. The lowest BCUT2D eigenvalue weighted by Gasteiger charge is -2.14. The molecule has 7 heteroatoms. The molecule has 1 N–H and O–H groups in total. The maximum absolute atomic E-state index is 10.6. The molecule has 0 fully saturated rings. The number of nitrogens with zero attached hydrogens (tertiary/aromatic N) is 2. The van der Waals surface area contributed by atoms with Crippen molar-refractivity contribution in [1.82, 2.24) is 4.98 Å². The van der Waals surface area contributed by atoms with Crippen LogP contribution in [0.5, 0.6) is 0 Å². The zero-order valence-corrected chi connectivity index (χ0v) is 12.8. The second-order valence-electron chi connectivity index (χ2n) is 3.81. The van der Waals surface area contributed by atoms with Gasteiger partial charge in [-0.2, -0.15) is 0 Å². The van der Waals surface area contributed by atoms with E-state index in [9.17, 15) is 4.79 Å². The largest absolute Gasteiger partial charge is 0.481 e. The molecular weight excluding hydrogens is 336 g/mol. The highest BCUT2D eigenvalue weighted by Gasteiger charge is 2.10. The first-order valence-corrected chi connectivity index (χ1v) is 7.70. The van der Waals surface area contributed by atoms with Crippen molar-refractivity contribution >= 4 is 49.7 Å². The summed E-state index contributed by atoms with van der Waals surface area (Å²) in [6.45, 7) is 0.766. The van der Waals surface area contributed by atoms with E-state index in [-0.39, 0.29) is 6.42 Å². The average Bonchev–Trinajstić information content (AvgIpc) is 2.87. The van der Waals surface area contributed by atoms with Crippen molar-refractivity contribution in [2.75, 3.05) is 11.9 Å². The molecule has 96 valence electrons. The molecule has 0 aromatic carbocycles. The molecule has 0 spiro atoms. The number of hydrogen-bond donors (Lipinski definition) is 1. The van der Waals surface area contributed by atoms with E-state index in [2.05, 4.69) is 32.4 Å². The van der Waals surface area contributed by atoms with Gasteiger partial charge in [0.15, 0.2) is 5.13 Å². The van der Waals surface area contributed by atoms with E-state index in [1.807, 2.05) is 11.9 Å². The van der Waals surface area contributed by atoms with Crippen molar-refractivity contribution in [1.29, 1.82) is 0 Å². The molecule has 0 saturated carbocycles. The van der Waals surface area contributed by atoms with Crippen molar-refractivity contribution in [3.63, 3.8) is 0 Å². The summed E-state index contributed by atoms with van der Waals surface area (Å²) in [5.41, 5.74) is 1.82. The fourth-order valence-corrected chi connectivity index (χ4v) is 3.47. The number of halogens is 1. The van der Waals surface area contributed by atoms with E-state index in [0.717, 1.165) is 15.5 Å². The van der Waals surface area contributed by atoms with E-state index in [0.29, 0.717) is 5.69 Å². The number of carboxylic acids is 1. The van der Waals surface area contributed by atoms with Crippen molar-refractivity contribution in [2.45, 2.75) is 13.0 Å². The summed E-state index contributed by atoms with van der Waals surface area (Å²) in [6.07, 6.45) is -0.0195. The first kappa shape index (κ1) is 13.5. The molecule has 2 aromatic heterocycles. The van der Waals surface area contributed by atoms with Crippen molar-refractivity contribution < 1.29 is 9.90 Å². The van der Waals surface area contributed by atoms with Gasteiger partial charge in [0.05, 0.1) is 15.9 Å². The lowest BCUT2D eigenvalue weighted by atomic mass is 10.3. The first-order chi connectivity index (χ1) is 8.54. The normalized spacial score (nSPS) is 10.6. The molecule has 18 heavy (non-hydrogen) atoms. The minimum Gasteiger partial charge on any atom is -0.481 e. The van der Waals surface area contributed by atoms with Crippen LogP contribution < -0.4 is 4.90 Å². The first-order valence-electron chi connectivity index (χ1n) is 5.15. The number of anilines is 1. The Kier molecular flexibility index (Phi) is 4.36. The van der Waals surface area contributed by atoms with Gasteiger partial charge in [-0.05, 0) is 32.9 Å². The van der Waals surface area contributed by atoms with E-state index < -0.39 is 5.97 Å². The van der Waals surface area contributed by atoms with Gasteiger partial charge in [-0.3, -0.25) is 4.79 Å². The van der Waals surface area contributed by atoms with Crippen LogP contribution >= 0.6 is 38.6 Å². The molecular formula is C11H11BrN2O2S2. The molecule has 4 nitrogen and oxygen atoms in total. The molecule has 2 heterocycles. The quantitative estimate of drug-likeness (QED) is 0.902. The van der Waals surface area contributed by atoms with E-state index in [4.69, 9.17) is 5.11 Å². The molecule has 2 rings (SSSR count). The summed E-state index contributed by atoms with van der Waals surface area (Å²) in [4.78, 5) is 16.9. The van der Waals surface area contributed by atoms with Gasteiger partial charge in [0.1, 0.15) is 0 Å². The van der Waals surface area contributed by atoms with Crippen LogP contribution in [0.2, 0.25) is 0 Å². The van der Waals surface area contributed by atoms with Crippen LogP contribution in [0.3, 0.4) is 0 Å². The van der Waals surface area contributed by atoms with Gasteiger partial charge in [0.25, 0.3) is 0 Å². The van der Waals surface area contributed by atoms with Crippen LogP contribution in [-0.2, 0) is 17.8 Å². The lowest BCUT2D eigenvalue weighted by molar-refractivity contribution is -0.136. The molecule has 0 aliphatic carbocycles. The van der Waals surface area contributed by atoms with Gasteiger partial charge in [-0.1, -0.05) is 0 Å². The highest BCUT2D eigenvalue weighted by Crippen LogP contribution is 2.25. The number of aliphatic carboxylic acids is 1. The van der Waals surface area contributed by atoms with Gasteiger partial charge in [0.2, 0.25) is 0 Å². The molecule has 0 aliphatic rings. The number of thiophene rings is 1. The van der Waals surface area contributed by atoms with Crippen LogP contribution in [0.4, 0.5) is 5.13 Å². The Morgan fingerprint density at radius 2 is 2.28 bits per heavy atom. The number of rotatable bonds is 5. The average molecular weight is 347 g/mol. The SMILES string of the molecule is CN(Cc1csc(Br)c1)c1nc(CC(=O)O)cs1. The molecule has 2 aromatic rings. The highest BCUT2D eigenvalue weighted by molar-refractivity contribution is 9.11. The second-order valence-corrected chi connectivity index (χ2v) is 6.93. The third kappa shape index (κ3) is 3.54. The number of aromatic nitrogens is 1. The molecule has 0 bridgehead atoms. The Hall–Kier alpha value is -0.920. The van der Waals surface area contributed by atoms with E-state index in [1.54, 1.807) is 16.7 Å². The maximum Gasteiger partial charge on any atom is 0.309 e. The lowest BCUT2D eigenvalue weighted by Crippen LogP contribution is -2.15. The fraction of sp³-hybridized carbons (Fsp3) is 0.273.